The summed E-state index contributed by atoms with van der Waals surface area (Å²) in [6.07, 6.45) is 0. The minimum Gasteiger partial charge on any atom is -0.497 e. The van der Waals surface area contributed by atoms with Crippen LogP contribution in [0.2, 0.25) is 0 Å². The number of aryl methyl sites for hydroxylation is 1. The Kier molecular flexibility index (Phi) is 2.90. The van der Waals surface area contributed by atoms with Crippen molar-refractivity contribution in [1.29, 1.82) is 0 Å². The van der Waals surface area contributed by atoms with Gasteiger partial charge in [-0.1, -0.05) is 0 Å². The maximum atomic E-state index is 11.4. The van der Waals surface area contributed by atoms with Crippen LogP contribution in [0.25, 0.3) is 10.9 Å². The minimum absolute atomic E-state index is 0.270. The highest BCUT2D eigenvalue weighted by Gasteiger charge is 2.22. The lowest BCUT2D eigenvalue weighted by molar-refractivity contribution is 0.0697. The van der Waals surface area contributed by atoms with Gasteiger partial charge in [0.25, 0.3) is 0 Å². The molecule has 1 heterocycles. The third-order valence-corrected chi connectivity index (χ3v) is 3.20. The quantitative estimate of drug-likeness (QED) is 0.905. The number of aromatic carboxylic acids is 1. The number of aromatic nitrogens is 1. The number of methoxy groups -OCH3 is 2. The molecule has 0 unspecified atom stereocenters. The Balaban J connectivity index is 2.95. The Bertz CT molecular complexity index is 628. The molecule has 2 aromatic rings. The van der Waals surface area contributed by atoms with Crippen molar-refractivity contribution >= 4 is 16.9 Å². The summed E-state index contributed by atoms with van der Waals surface area (Å²) < 4.78 is 12.3. The molecule has 0 aliphatic carbocycles. The predicted octanol–water partition coefficient (Wildman–Crippen LogP) is 2.20. The molecule has 0 saturated heterocycles. The Morgan fingerprint density at radius 1 is 1.28 bits per heavy atom. The van der Waals surface area contributed by atoms with Crippen LogP contribution in [0.3, 0.4) is 0 Å². The van der Waals surface area contributed by atoms with Gasteiger partial charge < -0.3 is 19.1 Å². The molecule has 0 saturated carbocycles. The minimum atomic E-state index is -0.957. The summed E-state index contributed by atoms with van der Waals surface area (Å²) in [6.45, 7) is 1.77. The lowest BCUT2D eigenvalue weighted by Gasteiger charge is -2.07. The van der Waals surface area contributed by atoms with E-state index in [1.165, 1.54) is 7.11 Å². The first-order valence-electron chi connectivity index (χ1n) is 5.45. The van der Waals surface area contributed by atoms with Crippen LogP contribution in [0.1, 0.15) is 16.1 Å². The topological polar surface area (TPSA) is 60.7 Å². The van der Waals surface area contributed by atoms with Gasteiger partial charge in [0.1, 0.15) is 11.5 Å². The van der Waals surface area contributed by atoms with Crippen molar-refractivity contribution < 1.29 is 19.4 Å². The van der Waals surface area contributed by atoms with Crippen LogP contribution in [0.15, 0.2) is 12.1 Å². The molecular weight excluding hydrogens is 234 g/mol. The molecule has 1 N–H and O–H groups in total. The Hall–Kier alpha value is -2.17. The Labute approximate surface area is 105 Å². The van der Waals surface area contributed by atoms with Crippen LogP contribution in [0.5, 0.6) is 11.5 Å². The van der Waals surface area contributed by atoms with Crippen LogP contribution in [-0.2, 0) is 7.05 Å². The molecule has 2 rings (SSSR count). The Morgan fingerprint density at radius 2 is 1.94 bits per heavy atom. The molecule has 0 atom stereocenters. The van der Waals surface area contributed by atoms with Crippen LogP contribution < -0.4 is 9.47 Å². The number of rotatable bonds is 3. The summed E-state index contributed by atoms with van der Waals surface area (Å²) in [6, 6.07) is 3.49. The van der Waals surface area contributed by atoms with E-state index in [9.17, 15) is 9.90 Å². The highest BCUT2D eigenvalue weighted by molar-refractivity contribution is 6.08. The van der Waals surface area contributed by atoms with Crippen LogP contribution >= 0.6 is 0 Å². The number of nitrogens with zero attached hydrogens (tertiary/aromatic N) is 1. The van der Waals surface area contributed by atoms with Gasteiger partial charge in [0.05, 0.1) is 30.7 Å². The second kappa shape index (κ2) is 4.25. The molecule has 5 heteroatoms. The van der Waals surface area contributed by atoms with E-state index in [4.69, 9.17) is 9.47 Å². The summed E-state index contributed by atoms with van der Waals surface area (Å²) in [4.78, 5) is 11.4. The second-order valence-electron chi connectivity index (χ2n) is 4.05. The highest BCUT2D eigenvalue weighted by atomic mass is 16.5. The number of hydrogen-bond acceptors (Lipinski definition) is 3. The van der Waals surface area contributed by atoms with E-state index in [1.54, 1.807) is 26.2 Å². The highest BCUT2D eigenvalue weighted by Crippen LogP contribution is 2.36. The van der Waals surface area contributed by atoms with E-state index in [0.29, 0.717) is 22.6 Å². The largest absolute Gasteiger partial charge is 0.497 e. The fourth-order valence-electron chi connectivity index (χ4n) is 2.16. The maximum absolute atomic E-state index is 11.4. The number of benzene rings is 1. The predicted molar refractivity (Wildman–Crippen MR) is 67.7 cm³/mol. The van der Waals surface area contributed by atoms with Crippen molar-refractivity contribution in [2.45, 2.75) is 6.92 Å². The van der Waals surface area contributed by atoms with Crippen LogP contribution in [-0.4, -0.2) is 29.9 Å². The zero-order valence-corrected chi connectivity index (χ0v) is 10.8. The normalized spacial score (nSPS) is 10.7. The van der Waals surface area contributed by atoms with Gasteiger partial charge >= 0.3 is 5.97 Å². The summed E-state index contributed by atoms with van der Waals surface area (Å²) in [5.41, 5.74) is 1.73. The number of ether oxygens (including phenoxy) is 2. The first-order valence-corrected chi connectivity index (χ1v) is 5.45. The average Bonchev–Trinajstić information content (AvgIpc) is 2.61. The van der Waals surface area contributed by atoms with Gasteiger partial charge in [-0.3, -0.25) is 0 Å². The van der Waals surface area contributed by atoms with Crippen molar-refractivity contribution in [2.24, 2.45) is 7.05 Å². The van der Waals surface area contributed by atoms with Gasteiger partial charge in [0.2, 0.25) is 0 Å². The lowest BCUT2D eigenvalue weighted by Crippen LogP contribution is -2.00. The summed E-state index contributed by atoms with van der Waals surface area (Å²) in [7, 11) is 4.90. The fourth-order valence-corrected chi connectivity index (χ4v) is 2.16. The summed E-state index contributed by atoms with van der Waals surface area (Å²) >= 11 is 0. The van der Waals surface area contributed by atoms with E-state index < -0.39 is 5.97 Å². The van der Waals surface area contributed by atoms with Gasteiger partial charge in [-0.05, 0) is 6.92 Å². The number of carbonyl (C=O) groups is 1. The number of hydrogen-bond donors (Lipinski definition) is 1. The molecule has 0 bridgehead atoms. The van der Waals surface area contributed by atoms with Gasteiger partial charge in [0.15, 0.2) is 0 Å². The summed E-state index contributed by atoms with van der Waals surface area (Å²) in [5, 5.41) is 9.93. The van der Waals surface area contributed by atoms with E-state index in [0.717, 1.165) is 5.52 Å². The van der Waals surface area contributed by atoms with E-state index in [-0.39, 0.29) is 5.56 Å². The molecule has 1 aromatic carbocycles. The standard InChI is InChI=1S/C13H15NO4/c1-7-11(13(15)16)12-9(14(7)2)5-8(17-3)6-10(12)18-4/h5-6H,1-4H3,(H,15,16). The number of carboxylic acid groups (broad SMARTS) is 1. The molecule has 0 radical (unpaired) electrons. The third-order valence-electron chi connectivity index (χ3n) is 3.20. The van der Waals surface area contributed by atoms with E-state index in [2.05, 4.69) is 0 Å². The second-order valence-corrected chi connectivity index (χ2v) is 4.05. The Morgan fingerprint density at radius 3 is 2.44 bits per heavy atom. The molecule has 0 aliphatic rings. The maximum Gasteiger partial charge on any atom is 0.338 e. The molecule has 0 amide bonds. The molecule has 0 spiro atoms. The van der Waals surface area contributed by atoms with Crippen molar-refractivity contribution in [3.05, 3.63) is 23.4 Å². The first kappa shape index (κ1) is 12.3. The van der Waals surface area contributed by atoms with E-state index >= 15 is 0 Å². The first-order chi connectivity index (χ1) is 8.51. The van der Waals surface area contributed by atoms with Crippen molar-refractivity contribution in [2.75, 3.05) is 14.2 Å². The van der Waals surface area contributed by atoms with Gasteiger partial charge in [-0.15, -0.1) is 0 Å². The van der Waals surface area contributed by atoms with Crippen molar-refractivity contribution in [3.8, 4) is 11.5 Å². The molecule has 0 fully saturated rings. The summed E-state index contributed by atoms with van der Waals surface area (Å²) in [5.74, 6) is 0.184. The molecule has 96 valence electrons. The van der Waals surface area contributed by atoms with Crippen molar-refractivity contribution in [3.63, 3.8) is 0 Å². The monoisotopic (exact) mass is 249 g/mol. The third kappa shape index (κ3) is 1.59. The van der Waals surface area contributed by atoms with Crippen LogP contribution in [0.4, 0.5) is 0 Å². The van der Waals surface area contributed by atoms with Gasteiger partial charge in [-0.2, -0.15) is 0 Å². The molecule has 1 aromatic heterocycles. The van der Waals surface area contributed by atoms with E-state index in [1.807, 2.05) is 11.6 Å². The number of carboxylic acids is 1. The van der Waals surface area contributed by atoms with Gasteiger partial charge in [0, 0.05) is 24.9 Å². The van der Waals surface area contributed by atoms with Crippen LogP contribution in [0, 0.1) is 6.92 Å². The molecule has 5 nitrogen and oxygen atoms in total. The zero-order chi connectivity index (χ0) is 13.4. The van der Waals surface area contributed by atoms with Gasteiger partial charge in [-0.25, -0.2) is 4.79 Å². The molecular formula is C13H15NO4. The molecule has 18 heavy (non-hydrogen) atoms. The SMILES string of the molecule is COc1cc(OC)c2c(C(=O)O)c(C)n(C)c2c1. The number of fused-ring (bicyclic) bond motifs is 1. The molecule has 0 aliphatic heterocycles. The lowest BCUT2D eigenvalue weighted by atomic mass is 10.1. The fraction of sp³-hybridized carbons (Fsp3) is 0.308. The van der Waals surface area contributed by atoms with Crippen molar-refractivity contribution in [1.82, 2.24) is 4.57 Å². The average molecular weight is 249 g/mol. The smallest absolute Gasteiger partial charge is 0.338 e. The zero-order valence-electron chi connectivity index (χ0n) is 10.8.